The van der Waals surface area contributed by atoms with Gasteiger partial charge in [0.25, 0.3) is 5.91 Å². The number of halogens is 2. The standard InChI is InChI=1S/C13H17Cl2N3O3/c1-18(8-11(19)16-4-3-5-21-2)13(20)9-6-10(14)12(15)17-7-9/h6-7H,3-5,8H2,1-2H3,(H,16,19). The van der Waals surface area contributed by atoms with Crippen LogP contribution in [-0.4, -0.2) is 55.6 Å². The van der Waals surface area contributed by atoms with Gasteiger partial charge < -0.3 is 15.0 Å². The van der Waals surface area contributed by atoms with Gasteiger partial charge in [0.1, 0.15) is 5.15 Å². The Morgan fingerprint density at radius 1 is 1.43 bits per heavy atom. The molecule has 1 rings (SSSR count). The first kappa shape index (κ1) is 17.7. The van der Waals surface area contributed by atoms with Crippen molar-refractivity contribution in [1.82, 2.24) is 15.2 Å². The Morgan fingerprint density at radius 3 is 2.76 bits per heavy atom. The number of nitrogens with zero attached hydrogens (tertiary/aromatic N) is 2. The lowest BCUT2D eigenvalue weighted by Gasteiger charge is -2.17. The Labute approximate surface area is 133 Å². The molecule has 2 amide bonds. The Kier molecular flexibility index (Phi) is 7.42. The molecule has 0 saturated carbocycles. The molecule has 116 valence electrons. The summed E-state index contributed by atoms with van der Waals surface area (Å²) in [6.07, 6.45) is 2.04. The number of methoxy groups -OCH3 is 1. The predicted octanol–water partition coefficient (Wildman–Crippen LogP) is 1.61. The molecule has 8 heteroatoms. The first-order valence-corrected chi connectivity index (χ1v) is 7.03. The summed E-state index contributed by atoms with van der Waals surface area (Å²) in [7, 11) is 3.12. The number of aromatic nitrogens is 1. The van der Waals surface area contributed by atoms with Crippen molar-refractivity contribution in [2.45, 2.75) is 6.42 Å². The number of nitrogens with one attached hydrogen (secondary N) is 1. The molecular formula is C13H17Cl2N3O3. The fraction of sp³-hybridized carbons (Fsp3) is 0.462. The first-order chi connectivity index (χ1) is 9.95. The molecule has 1 N–H and O–H groups in total. The van der Waals surface area contributed by atoms with Crippen molar-refractivity contribution in [2.24, 2.45) is 0 Å². The van der Waals surface area contributed by atoms with E-state index in [1.807, 2.05) is 0 Å². The second-order valence-corrected chi connectivity index (χ2v) is 5.12. The van der Waals surface area contributed by atoms with E-state index in [4.69, 9.17) is 27.9 Å². The van der Waals surface area contributed by atoms with Crippen LogP contribution in [0.5, 0.6) is 0 Å². The number of carbonyl (C=O) groups excluding carboxylic acids is 2. The number of hydrogen-bond acceptors (Lipinski definition) is 4. The lowest BCUT2D eigenvalue weighted by atomic mass is 10.2. The van der Waals surface area contributed by atoms with Gasteiger partial charge in [0, 0.05) is 33.5 Å². The molecule has 0 radical (unpaired) electrons. The molecule has 1 aromatic heterocycles. The van der Waals surface area contributed by atoms with Crippen LogP contribution in [0.25, 0.3) is 0 Å². The lowest BCUT2D eigenvalue weighted by Crippen LogP contribution is -2.38. The highest BCUT2D eigenvalue weighted by Gasteiger charge is 2.16. The maximum atomic E-state index is 12.1. The number of rotatable bonds is 7. The van der Waals surface area contributed by atoms with Crippen molar-refractivity contribution < 1.29 is 14.3 Å². The molecule has 0 saturated heterocycles. The van der Waals surface area contributed by atoms with Gasteiger partial charge in [-0.3, -0.25) is 9.59 Å². The molecule has 0 fully saturated rings. The fourth-order valence-electron chi connectivity index (χ4n) is 1.55. The van der Waals surface area contributed by atoms with Gasteiger partial charge in [-0.2, -0.15) is 0 Å². The van der Waals surface area contributed by atoms with Crippen molar-refractivity contribution >= 4 is 35.0 Å². The third-order valence-electron chi connectivity index (χ3n) is 2.62. The Bertz CT molecular complexity index is 511. The maximum absolute atomic E-state index is 12.1. The largest absolute Gasteiger partial charge is 0.385 e. The highest BCUT2D eigenvalue weighted by Crippen LogP contribution is 2.20. The fourth-order valence-corrected chi connectivity index (χ4v) is 1.82. The monoisotopic (exact) mass is 333 g/mol. The van der Waals surface area contributed by atoms with E-state index in [1.54, 1.807) is 7.11 Å². The number of ether oxygens (including phenoxy) is 1. The quantitative estimate of drug-likeness (QED) is 0.607. The summed E-state index contributed by atoms with van der Waals surface area (Å²) < 4.78 is 4.88. The van der Waals surface area contributed by atoms with Crippen LogP contribution < -0.4 is 5.32 Å². The van der Waals surface area contributed by atoms with E-state index in [1.165, 1.54) is 24.2 Å². The normalized spacial score (nSPS) is 10.3. The average molecular weight is 334 g/mol. The summed E-state index contributed by atoms with van der Waals surface area (Å²) in [6, 6.07) is 1.42. The molecule has 1 heterocycles. The van der Waals surface area contributed by atoms with E-state index < -0.39 is 0 Å². The lowest BCUT2D eigenvalue weighted by molar-refractivity contribution is -0.121. The highest BCUT2D eigenvalue weighted by molar-refractivity contribution is 6.41. The zero-order valence-corrected chi connectivity index (χ0v) is 13.4. The number of hydrogen-bond donors (Lipinski definition) is 1. The molecule has 0 spiro atoms. The predicted molar refractivity (Wildman–Crippen MR) is 80.7 cm³/mol. The van der Waals surface area contributed by atoms with E-state index >= 15 is 0 Å². The molecular weight excluding hydrogens is 317 g/mol. The zero-order valence-electron chi connectivity index (χ0n) is 11.9. The average Bonchev–Trinajstić information content (AvgIpc) is 2.45. The molecule has 0 aliphatic rings. The minimum atomic E-state index is -0.354. The number of pyridine rings is 1. The summed E-state index contributed by atoms with van der Waals surface area (Å²) in [5, 5.41) is 3.03. The Morgan fingerprint density at radius 2 is 2.14 bits per heavy atom. The third kappa shape index (κ3) is 5.87. The summed E-state index contributed by atoms with van der Waals surface area (Å²) in [6.45, 7) is 1.03. The van der Waals surface area contributed by atoms with Gasteiger partial charge in [0.15, 0.2) is 0 Å². The van der Waals surface area contributed by atoms with E-state index in [2.05, 4.69) is 10.3 Å². The van der Waals surface area contributed by atoms with Crippen molar-refractivity contribution in [1.29, 1.82) is 0 Å². The van der Waals surface area contributed by atoms with Crippen LogP contribution in [0.15, 0.2) is 12.3 Å². The number of likely N-dealkylation sites (N-methyl/N-ethyl adjacent to an activating group) is 1. The summed E-state index contributed by atoms with van der Waals surface area (Å²) in [4.78, 5) is 28.9. The summed E-state index contributed by atoms with van der Waals surface area (Å²) >= 11 is 11.5. The first-order valence-electron chi connectivity index (χ1n) is 6.28. The molecule has 0 aliphatic heterocycles. The Balaban J connectivity index is 2.50. The van der Waals surface area contributed by atoms with Crippen LogP contribution in [0.3, 0.4) is 0 Å². The van der Waals surface area contributed by atoms with Gasteiger partial charge in [-0.1, -0.05) is 23.2 Å². The highest BCUT2D eigenvalue weighted by atomic mass is 35.5. The third-order valence-corrected chi connectivity index (χ3v) is 3.30. The molecule has 6 nitrogen and oxygen atoms in total. The molecule has 0 aliphatic carbocycles. The minimum absolute atomic E-state index is 0.0495. The molecule has 0 atom stereocenters. The van der Waals surface area contributed by atoms with E-state index in [9.17, 15) is 9.59 Å². The molecule has 1 aromatic rings. The molecule has 0 unspecified atom stereocenters. The Hall–Kier alpha value is -1.37. The second kappa shape index (κ2) is 8.81. The van der Waals surface area contributed by atoms with Crippen LogP contribution >= 0.6 is 23.2 Å². The van der Waals surface area contributed by atoms with Gasteiger partial charge in [-0.25, -0.2) is 4.98 Å². The van der Waals surface area contributed by atoms with Gasteiger partial charge in [-0.05, 0) is 12.5 Å². The van der Waals surface area contributed by atoms with Gasteiger partial charge in [0.2, 0.25) is 5.91 Å². The summed E-state index contributed by atoms with van der Waals surface area (Å²) in [5.41, 5.74) is 0.277. The van der Waals surface area contributed by atoms with E-state index in [0.29, 0.717) is 13.2 Å². The minimum Gasteiger partial charge on any atom is -0.385 e. The smallest absolute Gasteiger partial charge is 0.255 e. The van der Waals surface area contributed by atoms with Gasteiger partial charge in [0.05, 0.1) is 17.1 Å². The second-order valence-electron chi connectivity index (χ2n) is 4.35. The number of amides is 2. The number of carbonyl (C=O) groups is 2. The molecule has 0 aromatic carbocycles. The van der Waals surface area contributed by atoms with Crippen molar-refractivity contribution in [3.63, 3.8) is 0 Å². The van der Waals surface area contributed by atoms with Crippen molar-refractivity contribution in [3.05, 3.63) is 28.0 Å². The van der Waals surface area contributed by atoms with Crippen LogP contribution in [0.4, 0.5) is 0 Å². The van der Waals surface area contributed by atoms with Crippen molar-refractivity contribution in [2.75, 3.05) is 33.9 Å². The van der Waals surface area contributed by atoms with E-state index in [0.717, 1.165) is 6.42 Å². The molecule has 21 heavy (non-hydrogen) atoms. The molecule has 0 bridgehead atoms. The zero-order chi connectivity index (χ0) is 15.8. The SMILES string of the molecule is COCCCNC(=O)CN(C)C(=O)c1cnc(Cl)c(Cl)c1. The van der Waals surface area contributed by atoms with Crippen molar-refractivity contribution in [3.8, 4) is 0 Å². The van der Waals surface area contributed by atoms with Gasteiger partial charge >= 0.3 is 0 Å². The van der Waals surface area contributed by atoms with Gasteiger partial charge in [-0.15, -0.1) is 0 Å². The van der Waals surface area contributed by atoms with E-state index in [-0.39, 0.29) is 34.1 Å². The summed E-state index contributed by atoms with van der Waals surface area (Å²) in [5.74, 6) is -0.594. The van der Waals surface area contributed by atoms with Crippen LogP contribution in [-0.2, 0) is 9.53 Å². The van der Waals surface area contributed by atoms with Crippen LogP contribution in [0.2, 0.25) is 10.2 Å². The van der Waals surface area contributed by atoms with Crippen LogP contribution in [0, 0.1) is 0 Å². The maximum Gasteiger partial charge on any atom is 0.255 e. The topological polar surface area (TPSA) is 71.5 Å². The van der Waals surface area contributed by atoms with Crippen LogP contribution in [0.1, 0.15) is 16.8 Å².